The van der Waals surface area contributed by atoms with E-state index in [9.17, 15) is 9.59 Å². The summed E-state index contributed by atoms with van der Waals surface area (Å²) in [4.78, 5) is 25.6. The van der Waals surface area contributed by atoms with Crippen LogP contribution in [-0.4, -0.2) is 48.1 Å². The lowest BCUT2D eigenvalue weighted by atomic mass is 10.2. The minimum absolute atomic E-state index is 0.166. The predicted octanol–water partition coefficient (Wildman–Crippen LogP) is 1.32. The van der Waals surface area contributed by atoms with Gasteiger partial charge in [-0.3, -0.25) is 9.59 Å². The number of carbonyl (C=O) groups is 2. The van der Waals surface area contributed by atoms with E-state index in [0.29, 0.717) is 18.7 Å². The summed E-state index contributed by atoms with van der Waals surface area (Å²) in [7, 11) is 0. The van der Waals surface area contributed by atoms with Crippen LogP contribution in [0.15, 0.2) is 24.3 Å². The molecule has 1 aliphatic heterocycles. The van der Waals surface area contributed by atoms with Crippen LogP contribution in [0.2, 0.25) is 0 Å². The van der Waals surface area contributed by atoms with E-state index in [1.807, 2.05) is 24.8 Å². The number of carboxylic acids is 1. The predicted molar refractivity (Wildman–Crippen MR) is 78.9 cm³/mol. The molecular weight excluding hydrogens is 270 g/mol. The zero-order chi connectivity index (χ0) is 15.8. The Labute approximate surface area is 124 Å². The van der Waals surface area contributed by atoms with Gasteiger partial charge < -0.3 is 14.9 Å². The summed E-state index contributed by atoms with van der Waals surface area (Å²) in [5.74, 6) is -1.20. The Kier molecular flexibility index (Phi) is 6.21. The summed E-state index contributed by atoms with van der Waals surface area (Å²) in [5, 5.41) is 17.4. The molecule has 1 amide bonds. The van der Waals surface area contributed by atoms with Crippen LogP contribution in [-0.2, 0) is 9.59 Å². The first-order valence-corrected chi connectivity index (χ1v) is 6.85. The van der Waals surface area contributed by atoms with Gasteiger partial charge in [0.15, 0.2) is 0 Å². The Balaban J connectivity index is 0.00000106. The van der Waals surface area contributed by atoms with Gasteiger partial charge in [-0.2, -0.15) is 5.26 Å². The first-order chi connectivity index (χ1) is 10.1. The van der Waals surface area contributed by atoms with Crippen molar-refractivity contribution in [3.05, 3.63) is 29.8 Å². The van der Waals surface area contributed by atoms with E-state index in [2.05, 4.69) is 0 Å². The molecule has 6 nitrogen and oxygen atoms in total. The molecule has 0 bridgehead atoms. The highest BCUT2D eigenvalue weighted by molar-refractivity contribution is 5.86. The first-order valence-electron chi connectivity index (χ1n) is 6.85. The molecule has 0 radical (unpaired) electrons. The molecule has 0 unspecified atom stereocenters. The minimum atomic E-state index is -1.000. The van der Waals surface area contributed by atoms with Crippen molar-refractivity contribution in [2.75, 3.05) is 31.1 Å². The maximum atomic E-state index is 11.8. The normalized spacial score (nSPS) is 14.0. The molecule has 0 aromatic heterocycles. The molecule has 6 heteroatoms. The molecule has 1 aromatic rings. The maximum Gasteiger partial charge on any atom is 0.323 e. The molecule has 1 aromatic carbocycles. The highest BCUT2D eigenvalue weighted by Crippen LogP contribution is 2.17. The van der Waals surface area contributed by atoms with E-state index in [-0.39, 0.29) is 19.0 Å². The quantitative estimate of drug-likeness (QED) is 0.907. The lowest BCUT2D eigenvalue weighted by Gasteiger charge is -2.34. The largest absolute Gasteiger partial charge is 0.480 e. The summed E-state index contributed by atoms with van der Waals surface area (Å²) in [6, 6.07) is 9.01. The van der Waals surface area contributed by atoms with Crippen molar-refractivity contribution in [2.24, 2.45) is 0 Å². The minimum Gasteiger partial charge on any atom is -0.480 e. The number of anilines is 1. The zero-order valence-electron chi connectivity index (χ0n) is 12.2. The van der Waals surface area contributed by atoms with Crippen molar-refractivity contribution in [1.82, 2.24) is 4.90 Å². The summed E-state index contributed by atoms with van der Waals surface area (Å²) in [6.07, 6.45) is 0. The van der Waals surface area contributed by atoms with Gasteiger partial charge in [-0.1, -0.05) is 13.8 Å². The Bertz CT molecular complexity index is 534. The fourth-order valence-corrected chi connectivity index (χ4v) is 2.01. The first kappa shape index (κ1) is 16.5. The van der Waals surface area contributed by atoms with Gasteiger partial charge in [0.25, 0.3) is 0 Å². The van der Waals surface area contributed by atoms with Crippen LogP contribution in [0.3, 0.4) is 0 Å². The Morgan fingerprint density at radius 1 is 1.29 bits per heavy atom. The van der Waals surface area contributed by atoms with Gasteiger partial charge in [-0.05, 0) is 24.3 Å². The number of benzene rings is 1. The molecular formula is C15H19N3O3. The monoisotopic (exact) mass is 289 g/mol. The van der Waals surface area contributed by atoms with Crippen LogP contribution in [0.4, 0.5) is 5.69 Å². The number of amides is 1. The van der Waals surface area contributed by atoms with Gasteiger partial charge in [0, 0.05) is 18.8 Å². The van der Waals surface area contributed by atoms with Crippen molar-refractivity contribution >= 4 is 17.6 Å². The summed E-state index contributed by atoms with van der Waals surface area (Å²) in [6.45, 7) is 4.90. The van der Waals surface area contributed by atoms with Crippen LogP contribution >= 0.6 is 0 Å². The number of nitrogens with zero attached hydrogens (tertiary/aromatic N) is 3. The number of rotatable bonds is 3. The molecule has 21 heavy (non-hydrogen) atoms. The number of aliphatic carboxylic acids is 1. The second-order valence-electron chi connectivity index (χ2n) is 4.29. The van der Waals surface area contributed by atoms with Gasteiger partial charge >= 0.3 is 5.97 Å². The van der Waals surface area contributed by atoms with E-state index >= 15 is 0 Å². The average Bonchev–Trinajstić information content (AvgIpc) is 2.51. The van der Waals surface area contributed by atoms with E-state index in [4.69, 9.17) is 10.4 Å². The average molecular weight is 289 g/mol. The van der Waals surface area contributed by atoms with Crippen molar-refractivity contribution in [2.45, 2.75) is 13.8 Å². The molecule has 1 N–H and O–H groups in total. The lowest BCUT2D eigenvalue weighted by molar-refractivity contribution is -0.144. The second-order valence-corrected chi connectivity index (χ2v) is 4.29. The van der Waals surface area contributed by atoms with Crippen LogP contribution < -0.4 is 4.90 Å². The van der Waals surface area contributed by atoms with Crippen molar-refractivity contribution in [1.29, 1.82) is 5.26 Å². The summed E-state index contributed by atoms with van der Waals surface area (Å²) >= 11 is 0. The molecule has 0 spiro atoms. The third-order valence-corrected chi connectivity index (χ3v) is 3.01. The van der Waals surface area contributed by atoms with Gasteiger partial charge in [0.05, 0.1) is 18.2 Å². The van der Waals surface area contributed by atoms with Crippen molar-refractivity contribution in [3.63, 3.8) is 0 Å². The Morgan fingerprint density at radius 2 is 1.90 bits per heavy atom. The molecule has 0 atom stereocenters. The Hall–Kier alpha value is -2.55. The SMILES string of the molecule is CC.N#Cc1ccc(N2CCN(CC(=O)O)C(=O)C2)cc1. The topological polar surface area (TPSA) is 84.6 Å². The lowest BCUT2D eigenvalue weighted by Crippen LogP contribution is -2.51. The van der Waals surface area contributed by atoms with Gasteiger partial charge in [0.1, 0.15) is 6.54 Å². The number of piperazine rings is 1. The fraction of sp³-hybridized carbons (Fsp3) is 0.400. The highest BCUT2D eigenvalue weighted by atomic mass is 16.4. The van der Waals surface area contributed by atoms with Crippen LogP contribution in [0.5, 0.6) is 0 Å². The van der Waals surface area contributed by atoms with Crippen LogP contribution in [0, 0.1) is 11.3 Å². The number of hydrogen-bond acceptors (Lipinski definition) is 4. The van der Waals surface area contributed by atoms with E-state index in [1.165, 1.54) is 4.90 Å². The third-order valence-electron chi connectivity index (χ3n) is 3.01. The zero-order valence-corrected chi connectivity index (χ0v) is 12.2. The number of carbonyl (C=O) groups excluding carboxylic acids is 1. The van der Waals surface area contributed by atoms with Gasteiger partial charge in [-0.25, -0.2) is 0 Å². The Morgan fingerprint density at radius 3 is 2.38 bits per heavy atom. The summed E-state index contributed by atoms with van der Waals surface area (Å²) in [5.41, 5.74) is 1.43. The molecule has 2 rings (SSSR count). The molecule has 112 valence electrons. The smallest absolute Gasteiger partial charge is 0.323 e. The second kappa shape index (κ2) is 7.90. The fourth-order valence-electron chi connectivity index (χ4n) is 2.01. The van der Waals surface area contributed by atoms with Crippen LogP contribution in [0.1, 0.15) is 19.4 Å². The highest BCUT2D eigenvalue weighted by Gasteiger charge is 2.25. The molecule has 1 aliphatic rings. The number of hydrogen-bond donors (Lipinski definition) is 1. The van der Waals surface area contributed by atoms with Crippen molar-refractivity contribution < 1.29 is 14.7 Å². The summed E-state index contributed by atoms with van der Waals surface area (Å²) < 4.78 is 0. The molecule has 0 saturated carbocycles. The number of carboxylic acid groups (broad SMARTS) is 1. The molecule has 1 fully saturated rings. The van der Waals surface area contributed by atoms with Gasteiger partial charge in [0.2, 0.25) is 5.91 Å². The number of nitriles is 1. The molecule has 1 heterocycles. The maximum absolute atomic E-state index is 11.8. The van der Waals surface area contributed by atoms with E-state index in [1.54, 1.807) is 24.3 Å². The molecule has 0 aliphatic carbocycles. The van der Waals surface area contributed by atoms with Gasteiger partial charge in [-0.15, -0.1) is 0 Å². The third kappa shape index (κ3) is 4.49. The van der Waals surface area contributed by atoms with Crippen LogP contribution in [0.25, 0.3) is 0 Å². The standard InChI is InChI=1S/C13H13N3O3.C2H6/c14-7-10-1-3-11(4-2-10)15-5-6-16(9-13(18)19)12(17)8-15;1-2/h1-4H,5-6,8-9H2,(H,18,19);1-2H3. The molecule has 1 saturated heterocycles. The van der Waals surface area contributed by atoms with Crippen molar-refractivity contribution in [3.8, 4) is 6.07 Å². The van der Waals surface area contributed by atoms with E-state index < -0.39 is 5.97 Å². The van der Waals surface area contributed by atoms with E-state index in [0.717, 1.165) is 5.69 Å².